The smallest absolute Gasteiger partial charge is 0.268 e. The Bertz CT molecular complexity index is 1780. The number of nitrogens with zero attached hydrogens (tertiary/aromatic N) is 1. The molecular weight excluding hydrogens is 1020 g/mol. The average molecular weight is 1150 g/mol. The van der Waals surface area contributed by atoms with E-state index in [9.17, 15) is 19.4 Å². The van der Waals surface area contributed by atoms with E-state index >= 15 is 0 Å². The Balaban J connectivity index is 4.15. The van der Waals surface area contributed by atoms with Crippen molar-refractivity contribution in [3.05, 3.63) is 134 Å². The summed E-state index contributed by atoms with van der Waals surface area (Å²) in [4.78, 5) is 25.6. The lowest BCUT2D eigenvalue weighted by Gasteiger charge is -2.29. The van der Waals surface area contributed by atoms with Crippen LogP contribution < -0.4 is 10.2 Å². The number of aliphatic hydroxyl groups excluding tert-OH is 1. The highest BCUT2D eigenvalue weighted by Gasteiger charge is 2.23. The molecule has 0 aliphatic carbocycles. The summed E-state index contributed by atoms with van der Waals surface area (Å²) < 4.78 is 23.4. The Labute approximate surface area is 500 Å². The van der Waals surface area contributed by atoms with E-state index < -0.39 is 26.6 Å². The quantitative estimate of drug-likeness (QED) is 0.0272. The fraction of sp³-hybridized carbons (Fsp3) is 0.681. The van der Waals surface area contributed by atoms with Crippen LogP contribution in [0, 0.1) is 0 Å². The molecule has 0 radical (unpaired) electrons. The van der Waals surface area contributed by atoms with Gasteiger partial charge in [-0.3, -0.25) is 9.36 Å². The predicted octanol–water partition coefficient (Wildman–Crippen LogP) is 20.4. The molecule has 3 atom stereocenters. The lowest BCUT2D eigenvalue weighted by atomic mass is 10.0. The van der Waals surface area contributed by atoms with Gasteiger partial charge in [0.1, 0.15) is 13.2 Å². The summed E-state index contributed by atoms with van der Waals surface area (Å²) in [5.74, 6) is -0.214. The van der Waals surface area contributed by atoms with Crippen molar-refractivity contribution < 1.29 is 32.9 Å². The number of phosphoric acid groups is 1. The fourth-order valence-electron chi connectivity index (χ4n) is 8.99. The summed E-state index contributed by atoms with van der Waals surface area (Å²) in [6.45, 7) is 4.52. The Kier molecular flexibility index (Phi) is 58.7. The number of hydrogen-bond acceptors (Lipinski definition) is 6. The van der Waals surface area contributed by atoms with Gasteiger partial charge in [-0.25, -0.2) is 0 Å². The molecular formula is C72H125N2O6P. The van der Waals surface area contributed by atoms with Crippen LogP contribution in [0.5, 0.6) is 0 Å². The van der Waals surface area contributed by atoms with E-state index in [1.165, 1.54) is 141 Å². The topological polar surface area (TPSA) is 108 Å². The number of carbonyl (C=O) groups excluding carboxylic acids is 1. The number of allylic oxidation sites excluding steroid dienone is 21. The molecule has 0 heterocycles. The highest BCUT2D eigenvalue weighted by Crippen LogP contribution is 2.38. The number of phosphoric ester groups is 1. The largest absolute Gasteiger partial charge is 0.756 e. The van der Waals surface area contributed by atoms with Gasteiger partial charge in [-0.1, -0.05) is 289 Å². The predicted molar refractivity (Wildman–Crippen MR) is 352 cm³/mol. The van der Waals surface area contributed by atoms with Crippen LogP contribution in [0.2, 0.25) is 0 Å². The molecule has 0 saturated carbocycles. The molecule has 0 spiro atoms. The highest BCUT2D eigenvalue weighted by molar-refractivity contribution is 7.45. The molecule has 0 fully saturated rings. The van der Waals surface area contributed by atoms with Crippen LogP contribution in [0.4, 0.5) is 0 Å². The number of quaternary nitrogens is 1. The number of unbranched alkanes of at least 4 members (excludes halogenated alkanes) is 26. The number of carbonyl (C=O) groups is 1. The van der Waals surface area contributed by atoms with Crippen molar-refractivity contribution in [3.8, 4) is 0 Å². The van der Waals surface area contributed by atoms with Gasteiger partial charge in [0.15, 0.2) is 0 Å². The molecule has 0 aliphatic rings. The Morgan fingerprint density at radius 1 is 0.444 bits per heavy atom. The average Bonchev–Trinajstić information content (AvgIpc) is 3.43. The molecule has 8 nitrogen and oxygen atoms in total. The van der Waals surface area contributed by atoms with Crippen LogP contribution >= 0.6 is 7.82 Å². The normalized spacial score (nSPS) is 14.6. The van der Waals surface area contributed by atoms with E-state index in [-0.39, 0.29) is 12.5 Å². The standard InChI is InChI=1S/C72H125N2O6P/c1-6-8-10-12-14-16-18-20-22-24-26-28-29-30-31-32-33-34-35-36-37-38-39-40-41-42-43-44-45-46-48-50-52-54-56-58-60-62-64-66-72(76)73-70(69-80-81(77,78)79-68-67-74(3,4)5)71(75)65-63-61-59-57-55-53-51-49-47-27-25-23-21-19-17-15-13-11-9-7-2/h8,10,14,16,20,22,26,28,30-31,33-34,36-37,39-40,42-43,55,57,63,65,70-71,75H,6-7,9,11-13,15,17-19,21,23-25,27,29,32,35,38,41,44-54,56,58-62,64,66-69H2,1-5H3,(H-,73,76,77,78)/b10-8-,16-14-,22-20-,28-26-,31-30-,34-33-,37-36-,40-39-,43-42-,57-55+,65-63+. The van der Waals surface area contributed by atoms with Gasteiger partial charge in [-0.2, -0.15) is 0 Å². The van der Waals surface area contributed by atoms with Gasteiger partial charge >= 0.3 is 0 Å². The number of hydrogen-bond donors (Lipinski definition) is 2. The summed E-state index contributed by atoms with van der Waals surface area (Å²) in [7, 11) is 1.23. The van der Waals surface area contributed by atoms with Crippen molar-refractivity contribution in [1.29, 1.82) is 0 Å². The van der Waals surface area contributed by atoms with E-state index in [4.69, 9.17) is 9.05 Å². The lowest BCUT2D eigenvalue weighted by molar-refractivity contribution is -0.870. The second-order valence-corrected chi connectivity index (χ2v) is 24.5. The number of nitrogens with one attached hydrogen (secondary N) is 1. The summed E-state index contributed by atoms with van der Waals surface area (Å²) in [6, 6.07) is -0.914. The monoisotopic (exact) mass is 1140 g/mol. The molecule has 464 valence electrons. The minimum atomic E-state index is -4.62. The summed E-state index contributed by atoms with van der Waals surface area (Å²) in [5.41, 5.74) is 0. The molecule has 0 rings (SSSR count). The first-order valence-electron chi connectivity index (χ1n) is 33.0. The van der Waals surface area contributed by atoms with Crippen LogP contribution in [0.25, 0.3) is 0 Å². The zero-order valence-electron chi connectivity index (χ0n) is 52.9. The molecule has 0 saturated heterocycles. The van der Waals surface area contributed by atoms with Crippen LogP contribution in [0.1, 0.15) is 264 Å². The van der Waals surface area contributed by atoms with Crippen LogP contribution in [-0.4, -0.2) is 68.5 Å². The van der Waals surface area contributed by atoms with Crippen LogP contribution in [-0.2, 0) is 18.4 Å². The number of rotatable bonds is 59. The molecule has 2 N–H and O–H groups in total. The summed E-state index contributed by atoms with van der Waals surface area (Å²) in [6.07, 6.45) is 92.7. The molecule has 9 heteroatoms. The van der Waals surface area contributed by atoms with Crippen LogP contribution in [0.3, 0.4) is 0 Å². The maximum absolute atomic E-state index is 13.0. The van der Waals surface area contributed by atoms with E-state index in [2.05, 4.69) is 141 Å². The van der Waals surface area contributed by atoms with Gasteiger partial charge in [0.2, 0.25) is 5.91 Å². The molecule has 1 amide bonds. The van der Waals surface area contributed by atoms with Crippen LogP contribution in [0.15, 0.2) is 134 Å². The maximum Gasteiger partial charge on any atom is 0.268 e. The van der Waals surface area contributed by atoms with Crippen molar-refractivity contribution >= 4 is 13.7 Å². The van der Waals surface area contributed by atoms with Gasteiger partial charge in [-0.15, -0.1) is 0 Å². The number of aliphatic hydroxyl groups is 1. The van der Waals surface area contributed by atoms with Crippen molar-refractivity contribution in [3.63, 3.8) is 0 Å². The molecule has 3 unspecified atom stereocenters. The minimum Gasteiger partial charge on any atom is -0.756 e. The van der Waals surface area contributed by atoms with E-state index in [0.717, 1.165) is 103 Å². The summed E-state index contributed by atoms with van der Waals surface area (Å²) in [5, 5.41) is 13.9. The van der Waals surface area contributed by atoms with Gasteiger partial charge in [0, 0.05) is 6.42 Å². The Morgan fingerprint density at radius 2 is 0.765 bits per heavy atom. The maximum atomic E-state index is 13.0. The molecule has 0 aromatic heterocycles. The first-order valence-corrected chi connectivity index (χ1v) is 34.5. The molecule has 81 heavy (non-hydrogen) atoms. The van der Waals surface area contributed by atoms with Gasteiger partial charge in [0.05, 0.1) is 39.9 Å². The highest BCUT2D eigenvalue weighted by atomic mass is 31.2. The SMILES string of the molecule is CC/C=C\C/C=C\C/C=C\C/C=C\C/C=C\C/C=C\C/C=C\C/C=C\C/C=C\CCCCCCCCCCCCCC(=O)NC(COP(=O)([O-])OCC[N+](C)(C)C)C(O)/C=C/CC/C=C/CCCCCCCCCCCCCCCC. The third-order valence-corrected chi connectivity index (χ3v) is 15.1. The van der Waals surface area contributed by atoms with Crippen molar-refractivity contribution in [2.24, 2.45) is 0 Å². The third-order valence-electron chi connectivity index (χ3n) is 14.1. The molecule has 0 aliphatic heterocycles. The Hall–Kier alpha value is -3.36. The van der Waals surface area contributed by atoms with Gasteiger partial charge in [-0.05, 0) is 103 Å². The third kappa shape index (κ3) is 64.1. The first-order chi connectivity index (χ1) is 39.5. The van der Waals surface area contributed by atoms with E-state index in [1.54, 1.807) is 6.08 Å². The molecule has 0 bridgehead atoms. The summed E-state index contributed by atoms with van der Waals surface area (Å²) >= 11 is 0. The van der Waals surface area contributed by atoms with Crippen molar-refractivity contribution in [1.82, 2.24) is 5.32 Å². The lowest BCUT2D eigenvalue weighted by Crippen LogP contribution is -2.45. The van der Waals surface area contributed by atoms with E-state index in [1.807, 2.05) is 27.2 Å². The van der Waals surface area contributed by atoms with Gasteiger partial charge < -0.3 is 28.8 Å². The van der Waals surface area contributed by atoms with Gasteiger partial charge in [0.25, 0.3) is 7.82 Å². The first kappa shape index (κ1) is 77.6. The molecule has 0 aromatic carbocycles. The second kappa shape index (κ2) is 61.2. The minimum absolute atomic E-state index is 0.0124. The van der Waals surface area contributed by atoms with Crippen molar-refractivity contribution in [2.45, 2.75) is 276 Å². The number of amides is 1. The number of likely N-dealkylation sites (N-methyl/N-ethyl adjacent to an activating group) is 1. The molecule has 0 aromatic rings. The second-order valence-electron chi connectivity index (χ2n) is 23.1. The zero-order chi connectivity index (χ0) is 59.1. The Morgan fingerprint density at radius 3 is 1.15 bits per heavy atom. The van der Waals surface area contributed by atoms with Crippen molar-refractivity contribution in [2.75, 3.05) is 40.9 Å². The zero-order valence-corrected chi connectivity index (χ0v) is 53.8. The van der Waals surface area contributed by atoms with E-state index in [0.29, 0.717) is 17.4 Å². The fourth-order valence-corrected chi connectivity index (χ4v) is 9.71.